The van der Waals surface area contributed by atoms with Gasteiger partial charge in [-0.3, -0.25) is 19.0 Å². The Bertz CT molecular complexity index is 1550. The zero-order valence-electron chi connectivity index (χ0n) is 20.0. The first-order valence-electron chi connectivity index (χ1n) is 10.8. The zero-order valence-corrected chi connectivity index (χ0v) is 21.5. The van der Waals surface area contributed by atoms with Gasteiger partial charge in [0.25, 0.3) is 11.5 Å². The highest BCUT2D eigenvalue weighted by Crippen LogP contribution is 2.32. The third-order valence-electron chi connectivity index (χ3n) is 5.55. The van der Waals surface area contributed by atoms with Crippen LogP contribution >= 0.6 is 22.9 Å². The van der Waals surface area contributed by atoms with E-state index in [0.717, 1.165) is 16.9 Å². The number of methoxy groups -OCH3 is 2. The van der Waals surface area contributed by atoms with Gasteiger partial charge in [-0.05, 0) is 49.2 Å². The Balaban J connectivity index is 1.59. The van der Waals surface area contributed by atoms with Crippen LogP contribution in [0, 0.1) is 13.8 Å². The predicted octanol–water partition coefficient (Wildman–Crippen LogP) is 4.64. The van der Waals surface area contributed by atoms with Gasteiger partial charge in [-0.15, -0.1) is 11.3 Å². The molecule has 0 unspecified atom stereocenters. The van der Waals surface area contributed by atoms with Crippen molar-refractivity contribution in [3.63, 3.8) is 0 Å². The van der Waals surface area contributed by atoms with E-state index in [0.29, 0.717) is 43.2 Å². The summed E-state index contributed by atoms with van der Waals surface area (Å²) < 4.78 is 11.8. The average Bonchev–Trinajstić information content (AvgIpc) is 3.20. The summed E-state index contributed by atoms with van der Waals surface area (Å²) in [4.78, 5) is 43.9. The van der Waals surface area contributed by atoms with E-state index in [1.165, 1.54) is 25.1 Å². The molecule has 36 heavy (non-hydrogen) atoms. The van der Waals surface area contributed by atoms with Crippen LogP contribution in [0.2, 0.25) is 5.02 Å². The third-order valence-corrected chi connectivity index (χ3v) is 7.15. The number of nitrogens with zero attached hydrogens (tertiary/aromatic N) is 2. The number of amides is 2. The number of fused-ring (bicyclic) bond motifs is 1. The Labute approximate surface area is 215 Å². The van der Waals surface area contributed by atoms with Gasteiger partial charge in [0.2, 0.25) is 5.91 Å². The number of carbonyl (C=O) groups is 2. The molecule has 0 bridgehead atoms. The summed E-state index contributed by atoms with van der Waals surface area (Å²) in [5.41, 5.74) is 1.90. The molecule has 2 aromatic carbocycles. The maximum atomic E-state index is 13.2. The Morgan fingerprint density at radius 3 is 2.56 bits per heavy atom. The lowest BCUT2D eigenvalue weighted by molar-refractivity contribution is -0.116. The lowest BCUT2D eigenvalue weighted by Crippen LogP contribution is -2.28. The van der Waals surface area contributed by atoms with Crippen LogP contribution in [0.25, 0.3) is 10.2 Å². The molecule has 0 atom stereocenters. The van der Waals surface area contributed by atoms with Crippen molar-refractivity contribution in [3.8, 4) is 11.5 Å². The van der Waals surface area contributed by atoms with Gasteiger partial charge < -0.3 is 20.1 Å². The molecular formula is C25H23ClN4O5S. The topological polar surface area (TPSA) is 112 Å². The quantitative estimate of drug-likeness (QED) is 0.363. The minimum atomic E-state index is -0.415. The van der Waals surface area contributed by atoms with E-state index in [-0.39, 0.29) is 11.9 Å². The number of nitrogens with one attached hydrogen (secondary N) is 2. The molecule has 4 aromatic rings. The number of carbonyl (C=O) groups excluding carboxylic acids is 2. The standard InChI is InChI=1S/C25H23ClN4O5S/c1-13-5-6-15(9-17(13)26)28-20(31)11-30-12-27-24-21(25(30)33)14(2)22(36-24)23(32)29-18-10-16(34-3)7-8-19(18)35-4/h5-10,12H,11H2,1-4H3,(H,28,31)(H,29,32). The molecule has 2 aromatic heterocycles. The van der Waals surface area contributed by atoms with Gasteiger partial charge in [0.15, 0.2) is 0 Å². The molecule has 4 rings (SSSR count). The number of halogens is 1. The number of rotatable bonds is 7. The van der Waals surface area contributed by atoms with Crippen LogP contribution in [0.5, 0.6) is 11.5 Å². The fourth-order valence-corrected chi connectivity index (χ4v) is 4.82. The largest absolute Gasteiger partial charge is 0.497 e. The Kier molecular flexibility index (Phi) is 7.27. The van der Waals surface area contributed by atoms with Crippen LogP contribution < -0.4 is 25.7 Å². The van der Waals surface area contributed by atoms with Gasteiger partial charge in [0.1, 0.15) is 22.9 Å². The van der Waals surface area contributed by atoms with Crippen molar-refractivity contribution in [1.29, 1.82) is 0 Å². The third kappa shape index (κ3) is 5.05. The maximum Gasteiger partial charge on any atom is 0.266 e. The minimum absolute atomic E-state index is 0.245. The van der Waals surface area contributed by atoms with E-state index in [1.807, 2.05) is 6.92 Å². The van der Waals surface area contributed by atoms with Crippen molar-refractivity contribution in [2.75, 3.05) is 24.9 Å². The number of hydrogen-bond donors (Lipinski definition) is 2. The van der Waals surface area contributed by atoms with Gasteiger partial charge in [-0.1, -0.05) is 17.7 Å². The lowest BCUT2D eigenvalue weighted by Gasteiger charge is -2.11. The summed E-state index contributed by atoms with van der Waals surface area (Å²) in [6.07, 6.45) is 1.30. The summed E-state index contributed by atoms with van der Waals surface area (Å²) in [7, 11) is 3.02. The van der Waals surface area contributed by atoms with Crippen molar-refractivity contribution >= 4 is 56.3 Å². The summed E-state index contributed by atoms with van der Waals surface area (Å²) in [6, 6.07) is 10.2. The summed E-state index contributed by atoms with van der Waals surface area (Å²) in [5, 5.41) is 6.35. The first-order valence-corrected chi connectivity index (χ1v) is 12.0. The zero-order chi connectivity index (χ0) is 26.0. The molecule has 2 N–H and O–H groups in total. The van der Waals surface area contributed by atoms with Crippen molar-refractivity contribution in [2.45, 2.75) is 20.4 Å². The molecule has 0 aliphatic rings. The minimum Gasteiger partial charge on any atom is -0.497 e. The fraction of sp³-hybridized carbons (Fsp3) is 0.200. The molecule has 11 heteroatoms. The molecule has 0 spiro atoms. The molecule has 0 aliphatic heterocycles. The highest BCUT2D eigenvalue weighted by atomic mass is 35.5. The number of benzene rings is 2. The van der Waals surface area contributed by atoms with E-state index in [9.17, 15) is 14.4 Å². The Hall–Kier alpha value is -3.89. The maximum absolute atomic E-state index is 13.2. The van der Waals surface area contributed by atoms with Crippen LogP contribution in [0.15, 0.2) is 47.5 Å². The van der Waals surface area contributed by atoms with Crippen molar-refractivity contribution in [2.24, 2.45) is 0 Å². The predicted molar refractivity (Wildman–Crippen MR) is 141 cm³/mol. The summed E-state index contributed by atoms with van der Waals surface area (Å²) >= 11 is 7.21. The van der Waals surface area contributed by atoms with Crippen molar-refractivity contribution in [3.05, 3.63) is 74.1 Å². The smallest absolute Gasteiger partial charge is 0.266 e. The summed E-state index contributed by atoms with van der Waals surface area (Å²) in [5.74, 6) is 0.190. The molecule has 2 heterocycles. The molecule has 0 saturated heterocycles. The highest BCUT2D eigenvalue weighted by molar-refractivity contribution is 7.20. The number of aryl methyl sites for hydroxylation is 2. The second-order valence-electron chi connectivity index (χ2n) is 7.95. The first-order chi connectivity index (χ1) is 17.2. The molecule has 9 nitrogen and oxygen atoms in total. The van der Waals surface area contributed by atoms with Crippen LogP contribution in [-0.4, -0.2) is 35.6 Å². The van der Waals surface area contributed by atoms with Gasteiger partial charge in [0, 0.05) is 16.8 Å². The number of ether oxygens (including phenoxy) is 2. The number of anilines is 2. The number of hydrogen-bond acceptors (Lipinski definition) is 7. The SMILES string of the molecule is COc1ccc(OC)c(NC(=O)c2sc3ncn(CC(=O)Nc4ccc(C)c(Cl)c4)c(=O)c3c2C)c1. The molecule has 0 saturated carbocycles. The van der Waals surface area contributed by atoms with E-state index >= 15 is 0 Å². The molecule has 0 radical (unpaired) electrons. The molecular weight excluding hydrogens is 504 g/mol. The molecule has 0 fully saturated rings. The van der Waals surface area contributed by atoms with Gasteiger partial charge >= 0.3 is 0 Å². The van der Waals surface area contributed by atoms with Gasteiger partial charge in [0.05, 0.1) is 36.5 Å². The second-order valence-corrected chi connectivity index (χ2v) is 9.35. The average molecular weight is 527 g/mol. The lowest BCUT2D eigenvalue weighted by atomic mass is 10.2. The van der Waals surface area contributed by atoms with E-state index in [1.54, 1.807) is 43.3 Å². The number of thiophene rings is 1. The number of aromatic nitrogens is 2. The molecule has 0 aliphatic carbocycles. The first kappa shape index (κ1) is 25.2. The molecule has 2 amide bonds. The van der Waals surface area contributed by atoms with Crippen molar-refractivity contribution in [1.82, 2.24) is 9.55 Å². The second kappa shape index (κ2) is 10.4. The monoisotopic (exact) mass is 526 g/mol. The van der Waals surface area contributed by atoms with E-state index in [2.05, 4.69) is 15.6 Å². The normalized spacial score (nSPS) is 10.8. The molecule has 186 valence electrons. The summed E-state index contributed by atoms with van der Waals surface area (Å²) in [6.45, 7) is 3.29. The van der Waals surface area contributed by atoms with Gasteiger partial charge in [-0.25, -0.2) is 4.98 Å². The fourth-order valence-electron chi connectivity index (χ4n) is 3.61. The van der Waals surface area contributed by atoms with E-state index in [4.69, 9.17) is 21.1 Å². The highest BCUT2D eigenvalue weighted by Gasteiger charge is 2.21. The van der Waals surface area contributed by atoms with Crippen LogP contribution in [0.1, 0.15) is 20.8 Å². The van der Waals surface area contributed by atoms with Crippen LogP contribution in [0.4, 0.5) is 11.4 Å². The Morgan fingerprint density at radius 1 is 1.08 bits per heavy atom. The van der Waals surface area contributed by atoms with E-state index < -0.39 is 17.4 Å². The van der Waals surface area contributed by atoms with Crippen LogP contribution in [0.3, 0.4) is 0 Å². The van der Waals surface area contributed by atoms with Crippen LogP contribution in [-0.2, 0) is 11.3 Å². The van der Waals surface area contributed by atoms with Gasteiger partial charge in [-0.2, -0.15) is 0 Å². The van der Waals surface area contributed by atoms with Crippen molar-refractivity contribution < 1.29 is 19.1 Å². The Morgan fingerprint density at radius 2 is 1.86 bits per heavy atom.